The maximum atomic E-state index is 12.7. The van der Waals surface area contributed by atoms with Crippen LogP contribution in [0.5, 0.6) is 0 Å². The first-order valence-electron chi connectivity index (χ1n) is 7.47. The normalized spacial score (nSPS) is 14.8. The van der Waals surface area contributed by atoms with Crippen LogP contribution < -0.4 is 5.73 Å². The number of rotatable bonds is 4. The van der Waals surface area contributed by atoms with Crippen molar-refractivity contribution in [1.82, 2.24) is 14.7 Å². The zero-order valence-corrected chi connectivity index (χ0v) is 14.0. The lowest BCUT2D eigenvalue weighted by Gasteiger charge is -2.26. The molecule has 1 aliphatic rings. The summed E-state index contributed by atoms with van der Waals surface area (Å²) in [5.41, 5.74) is 6.21. The van der Waals surface area contributed by atoms with Crippen molar-refractivity contribution in [2.75, 3.05) is 38.3 Å². The summed E-state index contributed by atoms with van der Waals surface area (Å²) >= 11 is 1.27. The first kappa shape index (κ1) is 16.6. The molecule has 0 saturated carbocycles. The smallest absolute Gasteiger partial charge is 0.260 e. The average Bonchev–Trinajstić information content (AvgIpc) is 3.22. The number of hydrogen-bond donors (Lipinski definition) is 1. The molecule has 0 radical (unpaired) electrons. The highest BCUT2D eigenvalue weighted by Gasteiger charge is 2.29. The molecular formula is C15H18N4O4S. The highest BCUT2D eigenvalue weighted by Crippen LogP contribution is 2.27. The Balaban J connectivity index is 1.89. The molecule has 3 rings (SSSR count). The molecule has 3 heterocycles. The molecule has 0 bridgehead atoms. The number of nitrogens with two attached hydrogens (primary N) is 1. The molecule has 0 aliphatic carbocycles. The summed E-state index contributed by atoms with van der Waals surface area (Å²) in [6.45, 7) is 1.98. The summed E-state index contributed by atoms with van der Waals surface area (Å²) < 4.78 is 11.6. The number of hydrogen-bond acceptors (Lipinski definition) is 7. The summed E-state index contributed by atoms with van der Waals surface area (Å²) in [6.07, 6.45) is 3.33. The Bertz CT molecular complexity index is 735. The molecule has 0 atom stereocenters. The van der Waals surface area contributed by atoms with Gasteiger partial charge in [-0.1, -0.05) is 0 Å². The Kier molecular flexibility index (Phi) is 4.91. The molecular weight excluding hydrogens is 332 g/mol. The standard InChI is InChI=1S/C15H18N4O4S/c1-24-15-12(14(21)18-4-7-22-8-5-18)13(16)17-19(15)11(20)9-10-3-2-6-23-10/h2-3,6H,4-5,7-9H2,1H3,(H2,16,17). The van der Waals surface area contributed by atoms with Crippen LogP contribution in [0.4, 0.5) is 5.82 Å². The minimum Gasteiger partial charge on any atom is -0.469 e. The van der Waals surface area contributed by atoms with Gasteiger partial charge >= 0.3 is 0 Å². The second-order valence-electron chi connectivity index (χ2n) is 5.24. The molecule has 9 heteroatoms. The van der Waals surface area contributed by atoms with E-state index in [1.807, 2.05) is 0 Å². The molecule has 2 aromatic heterocycles. The quantitative estimate of drug-likeness (QED) is 0.825. The van der Waals surface area contributed by atoms with Crippen molar-refractivity contribution >= 4 is 29.4 Å². The maximum absolute atomic E-state index is 12.7. The van der Waals surface area contributed by atoms with Crippen LogP contribution in [-0.4, -0.2) is 59.1 Å². The summed E-state index contributed by atoms with van der Waals surface area (Å²) in [4.78, 5) is 26.9. The van der Waals surface area contributed by atoms with E-state index in [9.17, 15) is 9.59 Å². The van der Waals surface area contributed by atoms with Crippen LogP contribution in [0.15, 0.2) is 27.8 Å². The molecule has 128 valence electrons. The lowest BCUT2D eigenvalue weighted by Crippen LogP contribution is -2.41. The van der Waals surface area contributed by atoms with Crippen LogP contribution in [0.1, 0.15) is 20.9 Å². The fraction of sp³-hybridized carbons (Fsp3) is 0.400. The van der Waals surface area contributed by atoms with E-state index in [1.165, 1.54) is 22.7 Å². The van der Waals surface area contributed by atoms with Crippen molar-refractivity contribution in [1.29, 1.82) is 0 Å². The van der Waals surface area contributed by atoms with E-state index < -0.39 is 0 Å². The molecule has 1 saturated heterocycles. The Morgan fingerprint density at radius 2 is 2.12 bits per heavy atom. The third-order valence-electron chi connectivity index (χ3n) is 3.72. The van der Waals surface area contributed by atoms with Gasteiger partial charge in [0.1, 0.15) is 16.3 Å². The Labute approximate surface area is 142 Å². The zero-order valence-electron chi connectivity index (χ0n) is 13.2. The van der Waals surface area contributed by atoms with Gasteiger partial charge in [-0.05, 0) is 18.4 Å². The number of furan rings is 1. The third kappa shape index (κ3) is 3.17. The van der Waals surface area contributed by atoms with Crippen molar-refractivity contribution in [2.45, 2.75) is 11.4 Å². The molecule has 0 unspecified atom stereocenters. The molecule has 1 amide bonds. The second-order valence-corrected chi connectivity index (χ2v) is 6.03. The van der Waals surface area contributed by atoms with Crippen molar-refractivity contribution in [3.63, 3.8) is 0 Å². The lowest BCUT2D eigenvalue weighted by molar-refractivity contribution is 0.0301. The number of ether oxygens (including phenoxy) is 1. The average molecular weight is 350 g/mol. The highest BCUT2D eigenvalue weighted by molar-refractivity contribution is 7.98. The largest absolute Gasteiger partial charge is 0.469 e. The van der Waals surface area contributed by atoms with Gasteiger partial charge in [0.25, 0.3) is 11.8 Å². The summed E-state index contributed by atoms with van der Waals surface area (Å²) in [6, 6.07) is 3.42. The number of nitrogen functional groups attached to an aromatic ring is 1. The number of amides is 1. The number of thioether (sulfide) groups is 1. The second kappa shape index (κ2) is 7.10. The third-order valence-corrected chi connectivity index (χ3v) is 4.48. The highest BCUT2D eigenvalue weighted by atomic mass is 32.2. The first-order chi connectivity index (χ1) is 11.6. The number of anilines is 1. The van der Waals surface area contributed by atoms with Gasteiger partial charge in [-0.15, -0.1) is 16.9 Å². The number of morpholine rings is 1. The Morgan fingerprint density at radius 1 is 1.38 bits per heavy atom. The molecule has 0 spiro atoms. The van der Waals surface area contributed by atoms with Crippen LogP contribution in [0.2, 0.25) is 0 Å². The van der Waals surface area contributed by atoms with Crippen molar-refractivity contribution < 1.29 is 18.7 Å². The molecule has 1 aliphatic heterocycles. The van der Waals surface area contributed by atoms with Gasteiger partial charge in [0.15, 0.2) is 5.82 Å². The van der Waals surface area contributed by atoms with E-state index >= 15 is 0 Å². The molecule has 8 nitrogen and oxygen atoms in total. The SMILES string of the molecule is CSc1c(C(=O)N2CCOCC2)c(N)nn1C(=O)Cc1ccco1. The van der Waals surface area contributed by atoms with E-state index in [2.05, 4.69) is 5.10 Å². The number of carbonyl (C=O) groups excluding carboxylic acids is 2. The molecule has 2 N–H and O–H groups in total. The van der Waals surface area contributed by atoms with E-state index in [4.69, 9.17) is 14.9 Å². The van der Waals surface area contributed by atoms with Gasteiger partial charge in [-0.25, -0.2) is 0 Å². The lowest BCUT2D eigenvalue weighted by atomic mass is 10.2. The molecule has 24 heavy (non-hydrogen) atoms. The topological polar surface area (TPSA) is 104 Å². The van der Waals surface area contributed by atoms with E-state index in [0.717, 1.165) is 0 Å². The van der Waals surface area contributed by atoms with Gasteiger partial charge in [0.2, 0.25) is 0 Å². The fourth-order valence-electron chi connectivity index (χ4n) is 2.54. The predicted molar refractivity (Wildman–Crippen MR) is 88.2 cm³/mol. The summed E-state index contributed by atoms with van der Waals surface area (Å²) in [5.74, 6) is 0.0602. The fourth-order valence-corrected chi connectivity index (χ4v) is 3.25. The number of carbonyl (C=O) groups is 2. The van der Waals surface area contributed by atoms with Crippen molar-refractivity contribution in [3.05, 3.63) is 29.7 Å². The number of aromatic nitrogens is 2. The van der Waals surface area contributed by atoms with Gasteiger partial charge in [0, 0.05) is 13.1 Å². The summed E-state index contributed by atoms with van der Waals surface area (Å²) in [5, 5.41) is 4.53. The Morgan fingerprint density at radius 3 is 2.75 bits per heavy atom. The zero-order chi connectivity index (χ0) is 17.1. The van der Waals surface area contributed by atoms with Gasteiger partial charge < -0.3 is 19.8 Å². The Hall–Kier alpha value is -2.26. The van der Waals surface area contributed by atoms with Crippen molar-refractivity contribution in [2.24, 2.45) is 0 Å². The molecule has 0 aromatic carbocycles. The minimum atomic E-state index is -0.304. The van der Waals surface area contributed by atoms with Crippen LogP contribution in [0.25, 0.3) is 0 Å². The molecule has 2 aromatic rings. The predicted octanol–water partition coefficient (Wildman–Crippen LogP) is 1.14. The van der Waals surface area contributed by atoms with Crippen molar-refractivity contribution in [3.8, 4) is 0 Å². The van der Waals surface area contributed by atoms with E-state index in [0.29, 0.717) is 37.1 Å². The van der Waals surface area contributed by atoms with Gasteiger partial charge in [-0.3, -0.25) is 9.59 Å². The number of nitrogens with zero attached hydrogens (tertiary/aromatic N) is 3. The monoisotopic (exact) mass is 350 g/mol. The van der Waals surface area contributed by atoms with Crippen LogP contribution in [0.3, 0.4) is 0 Å². The summed E-state index contributed by atoms with van der Waals surface area (Å²) in [7, 11) is 0. The van der Waals surface area contributed by atoms with Gasteiger partial charge in [-0.2, -0.15) is 4.68 Å². The maximum Gasteiger partial charge on any atom is 0.260 e. The van der Waals surface area contributed by atoms with Gasteiger partial charge in [0.05, 0.1) is 25.9 Å². The van der Waals surface area contributed by atoms with Crippen LogP contribution in [0, 0.1) is 0 Å². The van der Waals surface area contributed by atoms with E-state index in [-0.39, 0.29) is 29.6 Å². The van der Waals surface area contributed by atoms with Crippen LogP contribution in [-0.2, 0) is 11.2 Å². The first-order valence-corrected chi connectivity index (χ1v) is 8.69. The van der Waals surface area contributed by atoms with E-state index in [1.54, 1.807) is 23.3 Å². The van der Waals surface area contributed by atoms with Crippen LogP contribution >= 0.6 is 11.8 Å². The molecule has 1 fully saturated rings. The minimum absolute atomic E-state index is 0.0485.